The first-order chi connectivity index (χ1) is 19.1. The lowest BCUT2D eigenvalue weighted by Gasteiger charge is -2.15. The molecule has 5 heteroatoms. The molecule has 0 radical (unpaired) electrons. The van der Waals surface area contributed by atoms with Crippen LogP contribution in [-0.4, -0.2) is 36.4 Å². The Morgan fingerprint density at radius 3 is 1.59 bits per heavy atom. The fourth-order valence-corrected chi connectivity index (χ4v) is 4.21. The van der Waals surface area contributed by atoms with Crippen LogP contribution in [0.4, 0.5) is 0 Å². The summed E-state index contributed by atoms with van der Waals surface area (Å²) in [5.41, 5.74) is 0. The van der Waals surface area contributed by atoms with Crippen molar-refractivity contribution >= 4 is 11.9 Å². The minimum atomic E-state index is -0.774. The van der Waals surface area contributed by atoms with E-state index in [1.807, 2.05) is 0 Å². The number of rotatable bonds is 28. The van der Waals surface area contributed by atoms with Crippen LogP contribution in [0.2, 0.25) is 0 Å². The minimum absolute atomic E-state index is 0.0764. The summed E-state index contributed by atoms with van der Waals surface area (Å²) in [5, 5.41) is 9.45. The minimum Gasteiger partial charge on any atom is -0.462 e. The third-order valence-corrected chi connectivity index (χ3v) is 6.69. The van der Waals surface area contributed by atoms with Crippen LogP contribution in [0.3, 0.4) is 0 Å². The van der Waals surface area contributed by atoms with E-state index in [-0.39, 0.29) is 25.2 Å². The zero-order valence-corrected chi connectivity index (χ0v) is 25.4. The zero-order valence-electron chi connectivity index (χ0n) is 25.4. The monoisotopic (exact) mass is 548 g/mol. The van der Waals surface area contributed by atoms with Gasteiger partial charge in [0, 0.05) is 12.8 Å². The standard InChI is InChI=1S/C34H60O5/c1-3-5-7-9-11-13-14-15-16-17-18-19-20-21-23-24-26-28-33(36)38-31-32(30-35)39-34(37)29-27-25-22-12-10-8-6-4-2/h11,13,15-16,18-19,32,35H,3-10,12,14,17,20-31H2,1-2H3/b13-11+,16-15+,19-18+/t32-/m0/s1. The summed E-state index contributed by atoms with van der Waals surface area (Å²) in [4.78, 5) is 24.0. The Kier molecular flexibility index (Phi) is 29.2. The van der Waals surface area contributed by atoms with Crippen LogP contribution >= 0.6 is 0 Å². The van der Waals surface area contributed by atoms with Gasteiger partial charge in [-0.3, -0.25) is 9.59 Å². The van der Waals surface area contributed by atoms with Crippen molar-refractivity contribution in [2.75, 3.05) is 13.2 Å². The van der Waals surface area contributed by atoms with Crippen LogP contribution in [-0.2, 0) is 19.1 Å². The van der Waals surface area contributed by atoms with E-state index in [1.54, 1.807) is 0 Å². The highest BCUT2D eigenvalue weighted by Gasteiger charge is 2.16. The molecule has 0 amide bonds. The van der Waals surface area contributed by atoms with Gasteiger partial charge in [-0.2, -0.15) is 0 Å². The summed E-state index contributed by atoms with van der Waals surface area (Å²) in [5.74, 6) is -0.624. The topological polar surface area (TPSA) is 72.8 Å². The molecule has 0 fully saturated rings. The number of carbonyl (C=O) groups is 2. The maximum absolute atomic E-state index is 12.0. The molecule has 5 nitrogen and oxygen atoms in total. The number of ether oxygens (including phenoxy) is 2. The van der Waals surface area contributed by atoms with Crippen molar-refractivity contribution in [2.24, 2.45) is 0 Å². The molecule has 0 aliphatic carbocycles. The molecule has 0 aromatic heterocycles. The Bertz CT molecular complexity index is 637. The Balaban J connectivity index is 3.64. The molecule has 0 aliphatic rings. The van der Waals surface area contributed by atoms with Crippen LogP contribution in [0.1, 0.15) is 149 Å². The van der Waals surface area contributed by atoms with Gasteiger partial charge in [0.15, 0.2) is 6.10 Å². The van der Waals surface area contributed by atoms with Gasteiger partial charge >= 0.3 is 11.9 Å². The van der Waals surface area contributed by atoms with Crippen molar-refractivity contribution in [3.8, 4) is 0 Å². The number of esters is 2. The van der Waals surface area contributed by atoms with Crippen LogP contribution in [0.5, 0.6) is 0 Å². The molecule has 39 heavy (non-hydrogen) atoms. The fourth-order valence-electron chi connectivity index (χ4n) is 4.21. The largest absolute Gasteiger partial charge is 0.462 e. The van der Waals surface area contributed by atoms with Crippen LogP contribution in [0, 0.1) is 0 Å². The number of allylic oxidation sites excluding steroid dienone is 6. The average Bonchev–Trinajstić information content (AvgIpc) is 2.94. The van der Waals surface area contributed by atoms with E-state index in [9.17, 15) is 14.7 Å². The molecule has 0 aliphatic heterocycles. The maximum atomic E-state index is 12.0. The maximum Gasteiger partial charge on any atom is 0.306 e. The first-order valence-electron chi connectivity index (χ1n) is 16.0. The number of unbranched alkanes of at least 4 members (excludes halogenated alkanes) is 14. The number of hydrogen-bond acceptors (Lipinski definition) is 5. The highest BCUT2D eigenvalue weighted by Crippen LogP contribution is 2.11. The normalized spacial score (nSPS) is 12.6. The fraction of sp³-hybridized carbons (Fsp3) is 0.765. The van der Waals surface area contributed by atoms with Gasteiger partial charge in [-0.15, -0.1) is 0 Å². The van der Waals surface area contributed by atoms with Gasteiger partial charge < -0.3 is 14.6 Å². The lowest BCUT2D eigenvalue weighted by Crippen LogP contribution is -2.28. The van der Waals surface area contributed by atoms with Crippen molar-refractivity contribution in [1.29, 1.82) is 0 Å². The highest BCUT2D eigenvalue weighted by molar-refractivity contribution is 5.70. The predicted octanol–water partition coefficient (Wildman–Crippen LogP) is 9.33. The summed E-state index contributed by atoms with van der Waals surface area (Å²) in [7, 11) is 0. The summed E-state index contributed by atoms with van der Waals surface area (Å²) in [6, 6.07) is 0. The van der Waals surface area contributed by atoms with E-state index in [1.165, 1.54) is 57.8 Å². The molecule has 0 unspecified atom stereocenters. The number of hydrogen-bond donors (Lipinski definition) is 1. The molecule has 0 rings (SSSR count). The molecule has 0 spiro atoms. The molecular formula is C34H60O5. The van der Waals surface area contributed by atoms with Gasteiger partial charge in [0.25, 0.3) is 0 Å². The molecule has 0 aromatic carbocycles. The van der Waals surface area contributed by atoms with Crippen LogP contribution in [0.25, 0.3) is 0 Å². The average molecular weight is 549 g/mol. The Hall–Kier alpha value is -1.88. The molecule has 0 aromatic rings. The van der Waals surface area contributed by atoms with E-state index in [0.717, 1.165) is 64.2 Å². The lowest BCUT2D eigenvalue weighted by atomic mass is 10.1. The lowest BCUT2D eigenvalue weighted by molar-refractivity contribution is -0.161. The smallest absolute Gasteiger partial charge is 0.306 e. The number of carbonyl (C=O) groups excluding carboxylic acids is 2. The predicted molar refractivity (Wildman–Crippen MR) is 164 cm³/mol. The van der Waals surface area contributed by atoms with Crippen molar-refractivity contribution in [3.05, 3.63) is 36.5 Å². The van der Waals surface area contributed by atoms with Gasteiger partial charge in [0.2, 0.25) is 0 Å². The molecule has 0 heterocycles. The zero-order chi connectivity index (χ0) is 28.7. The van der Waals surface area contributed by atoms with E-state index in [2.05, 4.69) is 50.3 Å². The molecule has 226 valence electrons. The molecule has 0 saturated carbocycles. The summed E-state index contributed by atoms with van der Waals surface area (Å²) in [6.07, 6.45) is 34.8. The van der Waals surface area contributed by atoms with E-state index >= 15 is 0 Å². The van der Waals surface area contributed by atoms with Crippen molar-refractivity contribution in [1.82, 2.24) is 0 Å². The third kappa shape index (κ3) is 28.9. The molecule has 1 N–H and O–H groups in total. The van der Waals surface area contributed by atoms with Gasteiger partial charge in [-0.05, 0) is 51.4 Å². The first kappa shape index (κ1) is 37.1. The summed E-state index contributed by atoms with van der Waals surface area (Å²) < 4.78 is 10.5. The van der Waals surface area contributed by atoms with Gasteiger partial charge in [0.05, 0.1) is 6.61 Å². The summed E-state index contributed by atoms with van der Waals surface area (Å²) in [6.45, 7) is 4.03. The van der Waals surface area contributed by atoms with Crippen molar-refractivity contribution in [2.45, 2.75) is 155 Å². The quantitative estimate of drug-likeness (QED) is 0.0599. The number of aliphatic hydroxyl groups excluding tert-OH is 1. The van der Waals surface area contributed by atoms with Gasteiger partial charge in [-0.25, -0.2) is 0 Å². The first-order valence-corrected chi connectivity index (χ1v) is 16.0. The second kappa shape index (κ2) is 30.7. The molecular weight excluding hydrogens is 488 g/mol. The second-order valence-corrected chi connectivity index (χ2v) is 10.5. The molecule has 0 bridgehead atoms. The second-order valence-electron chi connectivity index (χ2n) is 10.5. The van der Waals surface area contributed by atoms with Crippen LogP contribution in [0.15, 0.2) is 36.5 Å². The Morgan fingerprint density at radius 1 is 0.590 bits per heavy atom. The highest BCUT2D eigenvalue weighted by atomic mass is 16.6. The van der Waals surface area contributed by atoms with Gasteiger partial charge in [0.1, 0.15) is 6.61 Å². The molecule has 1 atom stereocenters. The number of aliphatic hydroxyl groups is 1. The van der Waals surface area contributed by atoms with Crippen molar-refractivity contribution < 1.29 is 24.2 Å². The molecule has 0 saturated heterocycles. The van der Waals surface area contributed by atoms with Gasteiger partial charge in [-0.1, -0.05) is 121 Å². The summed E-state index contributed by atoms with van der Waals surface area (Å²) >= 11 is 0. The third-order valence-electron chi connectivity index (χ3n) is 6.69. The van der Waals surface area contributed by atoms with Crippen LogP contribution < -0.4 is 0 Å². The van der Waals surface area contributed by atoms with E-state index < -0.39 is 6.10 Å². The Labute approximate surface area is 240 Å². The van der Waals surface area contributed by atoms with Crippen molar-refractivity contribution in [3.63, 3.8) is 0 Å². The SMILES string of the molecule is CCCCC/C=C/C/C=C/C/C=C/CCCCCCC(=O)OC[C@H](CO)OC(=O)CCCCCCCCCC. The van der Waals surface area contributed by atoms with E-state index in [0.29, 0.717) is 12.8 Å². The Morgan fingerprint density at radius 2 is 1.03 bits per heavy atom. The van der Waals surface area contributed by atoms with E-state index in [4.69, 9.17) is 9.47 Å².